The summed E-state index contributed by atoms with van der Waals surface area (Å²) in [6.07, 6.45) is 0. The zero-order valence-electron chi connectivity index (χ0n) is 10.4. The second-order valence-electron chi connectivity index (χ2n) is 4.69. The maximum atomic E-state index is 5.74. The molecule has 1 heterocycles. The lowest BCUT2D eigenvalue weighted by Crippen LogP contribution is -2.27. The van der Waals surface area contributed by atoms with E-state index in [1.807, 2.05) is 18.2 Å². The number of hydrogen-bond donors (Lipinski definition) is 2. The van der Waals surface area contributed by atoms with Crippen LogP contribution in [0.1, 0.15) is 13.8 Å². The first-order chi connectivity index (χ1) is 8.20. The molecule has 2 rings (SSSR count). The Morgan fingerprint density at radius 3 is 2.76 bits per heavy atom. The van der Waals surface area contributed by atoms with Crippen molar-refractivity contribution in [2.45, 2.75) is 13.8 Å². The molecule has 1 atom stereocenters. The van der Waals surface area contributed by atoms with Gasteiger partial charge in [0.15, 0.2) is 11.5 Å². The molecule has 0 fully saturated rings. The van der Waals surface area contributed by atoms with E-state index < -0.39 is 0 Å². The molecule has 0 bridgehead atoms. The van der Waals surface area contributed by atoms with E-state index in [0.29, 0.717) is 25.2 Å². The number of nitrogens with two attached hydrogens (primary N) is 1. The van der Waals surface area contributed by atoms with Gasteiger partial charge in [0, 0.05) is 18.3 Å². The monoisotopic (exact) mass is 236 g/mol. The van der Waals surface area contributed by atoms with Crippen LogP contribution in [0.15, 0.2) is 18.2 Å². The summed E-state index contributed by atoms with van der Waals surface area (Å²) in [6, 6.07) is 5.90. The maximum absolute atomic E-state index is 5.74. The van der Waals surface area contributed by atoms with E-state index >= 15 is 0 Å². The highest BCUT2D eigenvalue weighted by Gasteiger charge is 2.14. The van der Waals surface area contributed by atoms with Crippen molar-refractivity contribution in [3.05, 3.63) is 18.2 Å². The van der Waals surface area contributed by atoms with Gasteiger partial charge in [-0.3, -0.25) is 0 Å². The SMILES string of the molecule is CC(C)C(CN)CNc1ccc2c(c1)OCO2. The third-order valence-corrected chi connectivity index (χ3v) is 3.19. The number of nitrogens with one attached hydrogen (secondary N) is 1. The lowest BCUT2D eigenvalue weighted by molar-refractivity contribution is 0.174. The average Bonchev–Trinajstić information content (AvgIpc) is 2.76. The van der Waals surface area contributed by atoms with Gasteiger partial charge in [0.1, 0.15) is 0 Å². The fourth-order valence-electron chi connectivity index (χ4n) is 1.85. The molecule has 1 aliphatic rings. The number of benzene rings is 1. The van der Waals surface area contributed by atoms with Gasteiger partial charge in [0.25, 0.3) is 0 Å². The minimum Gasteiger partial charge on any atom is -0.454 e. The maximum Gasteiger partial charge on any atom is 0.231 e. The Balaban J connectivity index is 1.95. The molecule has 3 N–H and O–H groups in total. The molecule has 1 aromatic rings. The number of hydrogen-bond acceptors (Lipinski definition) is 4. The first-order valence-electron chi connectivity index (χ1n) is 6.04. The summed E-state index contributed by atoms with van der Waals surface area (Å²) >= 11 is 0. The van der Waals surface area contributed by atoms with Crippen LogP contribution in [-0.2, 0) is 0 Å². The first kappa shape index (κ1) is 12.0. The van der Waals surface area contributed by atoms with Crippen molar-refractivity contribution >= 4 is 5.69 Å². The summed E-state index contributed by atoms with van der Waals surface area (Å²) in [6.45, 7) is 6.29. The first-order valence-corrected chi connectivity index (χ1v) is 6.04. The summed E-state index contributed by atoms with van der Waals surface area (Å²) in [5, 5.41) is 3.39. The second kappa shape index (κ2) is 5.27. The van der Waals surface area contributed by atoms with Gasteiger partial charge in [-0.05, 0) is 30.5 Å². The third kappa shape index (κ3) is 2.82. The van der Waals surface area contributed by atoms with Crippen molar-refractivity contribution in [2.24, 2.45) is 17.6 Å². The Morgan fingerprint density at radius 2 is 2.06 bits per heavy atom. The molecular weight excluding hydrogens is 216 g/mol. The van der Waals surface area contributed by atoms with Gasteiger partial charge in [0.05, 0.1) is 0 Å². The highest BCUT2D eigenvalue weighted by Crippen LogP contribution is 2.34. The Morgan fingerprint density at radius 1 is 1.29 bits per heavy atom. The van der Waals surface area contributed by atoms with Gasteiger partial charge >= 0.3 is 0 Å². The Bertz CT molecular complexity index is 380. The lowest BCUT2D eigenvalue weighted by Gasteiger charge is -2.20. The quantitative estimate of drug-likeness (QED) is 0.821. The van der Waals surface area contributed by atoms with E-state index in [1.54, 1.807) is 0 Å². The van der Waals surface area contributed by atoms with Gasteiger partial charge in [-0.25, -0.2) is 0 Å². The van der Waals surface area contributed by atoms with Crippen LogP contribution in [0.4, 0.5) is 5.69 Å². The molecule has 1 unspecified atom stereocenters. The van der Waals surface area contributed by atoms with E-state index in [-0.39, 0.29) is 0 Å². The molecule has 17 heavy (non-hydrogen) atoms. The Hall–Kier alpha value is -1.42. The second-order valence-corrected chi connectivity index (χ2v) is 4.69. The number of fused-ring (bicyclic) bond motifs is 1. The molecule has 0 saturated carbocycles. The van der Waals surface area contributed by atoms with Crippen LogP contribution in [0.5, 0.6) is 11.5 Å². The van der Waals surface area contributed by atoms with Crippen LogP contribution in [0.3, 0.4) is 0 Å². The summed E-state index contributed by atoms with van der Waals surface area (Å²) in [5.41, 5.74) is 6.79. The van der Waals surface area contributed by atoms with E-state index in [0.717, 1.165) is 23.7 Å². The molecule has 0 aliphatic carbocycles. The molecule has 1 aliphatic heterocycles. The van der Waals surface area contributed by atoms with Crippen LogP contribution >= 0.6 is 0 Å². The van der Waals surface area contributed by atoms with E-state index in [2.05, 4.69) is 19.2 Å². The standard InChI is InChI=1S/C13H20N2O2/c1-9(2)10(6-14)7-15-11-3-4-12-13(5-11)17-8-16-12/h3-5,9-10,15H,6-8,14H2,1-2H3. The molecule has 94 valence electrons. The van der Waals surface area contributed by atoms with Crippen molar-refractivity contribution in [3.63, 3.8) is 0 Å². The van der Waals surface area contributed by atoms with Gasteiger partial charge in [-0.2, -0.15) is 0 Å². The molecule has 4 heteroatoms. The minimum atomic E-state index is 0.316. The predicted octanol–water partition coefficient (Wildman–Crippen LogP) is 2.06. The highest BCUT2D eigenvalue weighted by molar-refractivity contribution is 5.55. The molecule has 0 aromatic heterocycles. The van der Waals surface area contributed by atoms with Crippen LogP contribution < -0.4 is 20.5 Å². The lowest BCUT2D eigenvalue weighted by atomic mass is 9.96. The van der Waals surface area contributed by atoms with E-state index in [1.165, 1.54) is 0 Å². The molecule has 0 radical (unpaired) electrons. The van der Waals surface area contributed by atoms with E-state index in [4.69, 9.17) is 15.2 Å². The van der Waals surface area contributed by atoms with Gasteiger partial charge in [-0.15, -0.1) is 0 Å². The zero-order valence-corrected chi connectivity index (χ0v) is 10.4. The summed E-state index contributed by atoms with van der Waals surface area (Å²) in [4.78, 5) is 0. The summed E-state index contributed by atoms with van der Waals surface area (Å²) in [7, 11) is 0. The van der Waals surface area contributed by atoms with Crippen molar-refractivity contribution in [1.29, 1.82) is 0 Å². The highest BCUT2D eigenvalue weighted by atomic mass is 16.7. The van der Waals surface area contributed by atoms with Gasteiger partial charge in [0.2, 0.25) is 6.79 Å². The molecular formula is C13H20N2O2. The molecule has 4 nitrogen and oxygen atoms in total. The van der Waals surface area contributed by atoms with Crippen LogP contribution in [0, 0.1) is 11.8 Å². The van der Waals surface area contributed by atoms with Crippen LogP contribution in [0.2, 0.25) is 0 Å². The van der Waals surface area contributed by atoms with Crippen molar-refractivity contribution in [3.8, 4) is 11.5 Å². The Kier molecular flexibility index (Phi) is 3.74. The normalized spacial score (nSPS) is 15.1. The van der Waals surface area contributed by atoms with Crippen LogP contribution in [-0.4, -0.2) is 19.9 Å². The summed E-state index contributed by atoms with van der Waals surface area (Å²) in [5.74, 6) is 2.69. The van der Waals surface area contributed by atoms with Gasteiger partial charge < -0.3 is 20.5 Å². The van der Waals surface area contributed by atoms with Crippen molar-refractivity contribution < 1.29 is 9.47 Å². The fourth-order valence-corrected chi connectivity index (χ4v) is 1.85. The molecule has 0 amide bonds. The third-order valence-electron chi connectivity index (χ3n) is 3.19. The Labute approximate surface area is 102 Å². The number of anilines is 1. The molecule has 1 aromatic carbocycles. The van der Waals surface area contributed by atoms with Gasteiger partial charge in [-0.1, -0.05) is 13.8 Å². The fraction of sp³-hybridized carbons (Fsp3) is 0.538. The molecule has 0 saturated heterocycles. The van der Waals surface area contributed by atoms with Crippen molar-refractivity contribution in [2.75, 3.05) is 25.2 Å². The van der Waals surface area contributed by atoms with Crippen LogP contribution in [0.25, 0.3) is 0 Å². The van der Waals surface area contributed by atoms with E-state index in [9.17, 15) is 0 Å². The number of ether oxygens (including phenoxy) is 2. The average molecular weight is 236 g/mol. The predicted molar refractivity (Wildman–Crippen MR) is 68.4 cm³/mol. The largest absolute Gasteiger partial charge is 0.454 e. The smallest absolute Gasteiger partial charge is 0.231 e. The zero-order chi connectivity index (χ0) is 12.3. The topological polar surface area (TPSA) is 56.5 Å². The summed E-state index contributed by atoms with van der Waals surface area (Å²) < 4.78 is 10.6. The van der Waals surface area contributed by atoms with Crippen molar-refractivity contribution in [1.82, 2.24) is 0 Å². The number of rotatable bonds is 5. The molecule has 0 spiro atoms. The minimum absolute atomic E-state index is 0.316.